The lowest BCUT2D eigenvalue weighted by Crippen LogP contribution is -2.54. The molecule has 3 amide bonds. The Bertz CT molecular complexity index is 1280. The fraction of sp³-hybridized carbons (Fsp3) is 0.348. The van der Waals surface area contributed by atoms with Crippen LogP contribution in [0, 0.1) is 28.9 Å². The third kappa shape index (κ3) is 2.33. The molecule has 3 saturated heterocycles. The third-order valence-electron chi connectivity index (χ3n) is 7.68. The van der Waals surface area contributed by atoms with Gasteiger partial charge in [-0.1, -0.05) is 17.7 Å². The number of nitrogens with one attached hydrogen (secondary N) is 1. The SMILES string of the molecule is Cc1c(Cl)ccc2c1NC(=O)[C@]21[C@@H]2C(=O)N(c3ccc([N+](=O)[O-])cc3)C(=O)[C@@H]2[C@H]2CCCN21. The highest BCUT2D eigenvalue weighted by Gasteiger charge is 2.74. The van der Waals surface area contributed by atoms with Crippen LogP contribution in [0.1, 0.15) is 24.0 Å². The van der Waals surface area contributed by atoms with Gasteiger partial charge in [0.25, 0.3) is 5.69 Å². The second-order valence-corrected chi connectivity index (χ2v) is 9.41. The number of carbonyl (C=O) groups is 3. The number of non-ortho nitro benzene ring substituents is 1. The van der Waals surface area contributed by atoms with Crippen molar-refractivity contribution in [2.24, 2.45) is 11.8 Å². The lowest BCUT2D eigenvalue weighted by molar-refractivity contribution is -0.384. The van der Waals surface area contributed by atoms with E-state index in [1.54, 1.807) is 12.1 Å². The molecule has 4 aliphatic rings. The van der Waals surface area contributed by atoms with Crippen LogP contribution < -0.4 is 10.2 Å². The fourth-order valence-corrected chi connectivity index (χ4v) is 6.53. The first-order chi connectivity index (χ1) is 15.8. The predicted octanol–water partition coefficient (Wildman–Crippen LogP) is 2.99. The van der Waals surface area contributed by atoms with Gasteiger partial charge < -0.3 is 5.32 Å². The molecule has 4 heterocycles. The highest BCUT2D eigenvalue weighted by molar-refractivity contribution is 6.32. The molecule has 0 aromatic heterocycles. The van der Waals surface area contributed by atoms with E-state index in [4.69, 9.17) is 11.6 Å². The fourth-order valence-electron chi connectivity index (χ4n) is 6.37. The Morgan fingerprint density at radius 1 is 1.12 bits per heavy atom. The van der Waals surface area contributed by atoms with Crippen molar-refractivity contribution in [1.29, 1.82) is 0 Å². The van der Waals surface area contributed by atoms with Crippen molar-refractivity contribution >= 4 is 46.4 Å². The number of rotatable bonds is 2. The van der Waals surface area contributed by atoms with Crippen LogP contribution >= 0.6 is 11.6 Å². The molecule has 2 aromatic carbocycles. The summed E-state index contributed by atoms with van der Waals surface area (Å²) in [5, 5.41) is 14.5. The molecule has 0 aliphatic carbocycles. The van der Waals surface area contributed by atoms with Gasteiger partial charge in [0.05, 0.1) is 28.1 Å². The molecule has 1 N–H and O–H groups in total. The van der Waals surface area contributed by atoms with Crippen molar-refractivity contribution in [2.45, 2.75) is 31.3 Å². The van der Waals surface area contributed by atoms with E-state index < -0.39 is 28.2 Å². The lowest BCUT2D eigenvalue weighted by Gasteiger charge is -2.36. The largest absolute Gasteiger partial charge is 0.324 e. The maximum absolute atomic E-state index is 13.9. The molecular formula is C23H19ClN4O5. The molecule has 4 aliphatic heterocycles. The number of fused-ring (bicyclic) bond motifs is 7. The topological polar surface area (TPSA) is 113 Å². The Balaban J connectivity index is 1.52. The zero-order chi connectivity index (χ0) is 23.2. The van der Waals surface area contributed by atoms with Gasteiger partial charge in [-0.25, -0.2) is 4.90 Å². The van der Waals surface area contributed by atoms with Crippen molar-refractivity contribution in [3.05, 3.63) is 62.7 Å². The Labute approximate surface area is 193 Å². The van der Waals surface area contributed by atoms with Crippen LogP contribution in [0.3, 0.4) is 0 Å². The summed E-state index contributed by atoms with van der Waals surface area (Å²) < 4.78 is 0. The van der Waals surface area contributed by atoms with E-state index in [-0.39, 0.29) is 29.2 Å². The Kier molecular flexibility index (Phi) is 4.07. The number of halogens is 1. The van der Waals surface area contributed by atoms with Gasteiger partial charge in [0.15, 0.2) is 0 Å². The smallest absolute Gasteiger partial charge is 0.269 e. The first kappa shape index (κ1) is 20.3. The van der Waals surface area contributed by atoms with Gasteiger partial charge >= 0.3 is 0 Å². The molecule has 0 unspecified atom stereocenters. The molecule has 168 valence electrons. The monoisotopic (exact) mass is 466 g/mol. The first-order valence-corrected chi connectivity index (χ1v) is 11.2. The second kappa shape index (κ2) is 6.61. The average Bonchev–Trinajstić information content (AvgIpc) is 3.50. The second-order valence-electron chi connectivity index (χ2n) is 9.01. The van der Waals surface area contributed by atoms with Crippen LogP contribution in [0.2, 0.25) is 5.02 Å². The summed E-state index contributed by atoms with van der Waals surface area (Å²) >= 11 is 6.31. The number of imide groups is 1. The third-order valence-corrected chi connectivity index (χ3v) is 8.09. The number of anilines is 2. The number of carbonyl (C=O) groups excluding carboxylic acids is 3. The molecule has 0 bridgehead atoms. The van der Waals surface area contributed by atoms with Gasteiger partial charge in [-0.05, 0) is 50.1 Å². The van der Waals surface area contributed by atoms with Gasteiger partial charge in [0, 0.05) is 28.8 Å². The van der Waals surface area contributed by atoms with E-state index in [2.05, 4.69) is 5.32 Å². The summed E-state index contributed by atoms with van der Waals surface area (Å²) in [6.07, 6.45) is 1.54. The summed E-state index contributed by atoms with van der Waals surface area (Å²) in [7, 11) is 0. The van der Waals surface area contributed by atoms with Gasteiger partial charge in [0.1, 0.15) is 5.54 Å². The minimum Gasteiger partial charge on any atom is -0.324 e. The summed E-state index contributed by atoms with van der Waals surface area (Å²) in [6.45, 7) is 2.43. The number of nitrogens with zero attached hydrogens (tertiary/aromatic N) is 3. The number of amides is 3. The van der Waals surface area contributed by atoms with Crippen molar-refractivity contribution in [3.63, 3.8) is 0 Å². The van der Waals surface area contributed by atoms with Gasteiger partial charge in [-0.3, -0.25) is 29.4 Å². The molecule has 1 spiro atoms. The van der Waals surface area contributed by atoms with Crippen LogP contribution in [0.5, 0.6) is 0 Å². The Morgan fingerprint density at radius 3 is 2.55 bits per heavy atom. The van der Waals surface area contributed by atoms with E-state index in [0.29, 0.717) is 29.2 Å². The minimum atomic E-state index is -1.28. The zero-order valence-electron chi connectivity index (χ0n) is 17.6. The van der Waals surface area contributed by atoms with Crippen LogP contribution in [-0.4, -0.2) is 40.1 Å². The zero-order valence-corrected chi connectivity index (χ0v) is 18.3. The van der Waals surface area contributed by atoms with Crippen LogP contribution in [0.15, 0.2) is 36.4 Å². The number of hydrogen-bond donors (Lipinski definition) is 1. The Morgan fingerprint density at radius 2 is 1.85 bits per heavy atom. The van der Waals surface area contributed by atoms with Crippen LogP contribution in [0.4, 0.5) is 17.1 Å². The molecular weight excluding hydrogens is 448 g/mol. The van der Waals surface area contributed by atoms with Crippen LogP contribution in [0.25, 0.3) is 0 Å². The molecule has 3 fully saturated rings. The number of nitro groups is 1. The van der Waals surface area contributed by atoms with Crippen LogP contribution in [-0.2, 0) is 19.9 Å². The maximum Gasteiger partial charge on any atom is 0.269 e. The standard InChI is InChI=1S/C23H19ClN4O5/c1-11-15(24)9-8-14-19(11)25-22(31)23(14)18-17(16-3-2-10-26(16)23)20(29)27(21(18)30)12-4-6-13(7-5-12)28(32)33/h4-9,16-18H,2-3,10H2,1H3,(H,25,31)/t16-,17-,18+,23-/m1/s1. The first-order valence-electron chi connectivity index (χ1n) is 10.8. The normalized spacial score (nSPS) is 30.1. The van der Waals surface area contributed by atoms with Gasteiger partial charge in [-0.15, -0.1) is 0 Å². The number of benzene rings is 2. The van der Waals surface area contributed by atoms with E-state index in [0.717, 1.165) is 16.9 Å². The minimum absolute atomic E-state index is 0.132. The molecule has 6 rings (SSSR count). The molecule has 0 saturated carbocycles. The van der Waals surface area contributed by atoms with E-state index in [1.165, 1.54) is 24.3 Å². The van der Waals surface area contributed by atoms with Crippen molar-refractivity contribution in [3.8, 4) is 0 Å². The van der Waals surface area contributed by atoms with Gasteiger partial charge in [0.2, 0.25) is 17.7 Å². The number of nitro benzene ring substituents is 1. The highest BCUT2D eigenvalue weighted by atomic mass is 35.5. The molecule has 2 aromatic rings. The summed E-state index contributed by atoms with van der Waals surface area (Å²) in [6, 6.07) is 8.62. The molecule has 9 nitrogen and oxygen atoms in total. The summed E-state index contributed by atoms with van der Waals surface area (Å²) in [5.74, 6) is -2.67. The van der Waals surface area contributed by atoms with E-state index in [9.17, 15) is 24.5 Å². The Hall–Kier alpha value is -3.30. The summed E-state index contributed by atoms with van der Waals surface area (Å²) in [4.78, 5) is 54.8. The van der Waals surface area contributed by atoms with E-state index in [1.807, 2.05) is 11.8 Å². The van der Waals surface area contributed by atoms with Crippen molar-refractivity contribution in [1.82, 2.24) is 4.90 Å². The number of hydrogen-bond acceptors (Lipinski definition) is 6. The van der Waals surface area contributed by atoms with Crippen molar-refractivity contribution < 1.29 is 19.3 Å². The maximum atomic E-state index is 13.9. The van der Waals surface area contributed by atoms with E-state index >= 15 is 0 Å². The summed E-state index contributed by atoms with van der Waals surface area (Å²) in [5.41, 5.74) is 0.873. The van der Waals surface area contributed by atoms with Gasteiger partial charge in [-0.2, -0.15) is 0 Å². The lowest BCUT2D eigenvalue weighted by atomic mass is 9.75. The molecule has 0 radical (unpaired) electrons. The molecule has 33 heavy (non-hydrogen) atoms. The van der Waals surface area contributed by atoms with Crippen molar-refractivity contribution in [2.75, 3.05) is 16.8 Å². The highest BCUT2D eigenvalue weighted by Crippen LogP contribution is 2.61. The molecule has 10 heteroatoms. The predicted molar refractivity (Wildman–Crippen MR) is 119 cm³/mol. The molecule has 4 atom stereocenters. The average molecular weight is 467 g/mol. The quantitative estimate of drug-likeness (QED) is 0.413.